The normalized spacial score (nSPS) is 27.8. The van der Waals surface area contributed by atoms with E-state index in [-0.39, 0.29) is 0 Å². The van der Waals surface area contributed by atoms with Crippen LogP contribution in [0.25, 0.3) is 10.9 Å². The number of piperidine rings is 1. The van der Waals surface area contributed by atoms with Crippen LogP contribution in [0.5, 0.6) is 0 Å². The Balaban J connectivity index is 1.61. The van der Waals surface area contributed by atoms with Crippen molar-refractivity contribution in [2.24, 2.45) is 5.73 Å². The molecular formula is C19H23N7. The van der Waals surface area contributed by atoms with E-state index in [9.17, 15) is 0 Å². The van der Waals surface area contributed by atoms with Gasteiger partial charge in [0, 0.05) is 41.5 Å². The zero-order valence-corrected chi connectivity index (χ0v) is 14.8. The predicted octanol–water partition coefficient (Wildman–Crippen LogP) is 2.47. The summed E-state index contributed by atoms with van der Waals surface area (Å²) in [5.74, 6) is 1.47. The van der Waals surface area contributed by atoms with Crippen LogP contribution in [0.15, 0.2) is 30.5 Å². The number of fused-ring (bicyclic) bond motifs is 3. The molecule has 2 bridgehead atoms. The Bertz CT molecular complexity index is 951. The third-order valence-electron chi connectivity index (χ3n) is 5.59. The summed E-state index contributed by atoms with van der Waals surface area (Å²) < 4.78 is 0. The number of aryl methyl sites for hydroxylation is 1. The van der Waals surface area contributed by atoms with Gasteiger partial charge in [0.05, 0.1) is 16.7 Å². The number of hydrogen-bond acceptors (Lipinski definition) is 6. The Morgan fingerprint density at radius 2 is 2.00 bits per heavy atom. The van der Waals surface area contributed by atoms with E-state index in [2.05, 4.69) is 31.9 Å². The third-order valence-corrected chi connectivity index (χ3v) is 5.59. The van der Waals surface area contributed by atoms with E-state index in [1.807, 2.05) is 31.3 Å². The monoisotopic (exact) mass is 349 g/mol. The number of H-pyrrole nitrogens is 1. The molecule has 3 aromatic heterocycles. The third kappa shape index (κ3) is 2.64. The molecule has 2 saturated heterocycles. The number of anilines is 2. The summed E-state index contributed by atoms with van der Waals surface area (Å²) >= 11 is 0. The molecule has 2 aliphatic rings. The van der Waals surface area contributed by atoms with Crippen LogP contribution in [0.4, 0.5) is 11.6 Å². The summed E-state index contributed by atoms with van der Waals surface area (Å²) in [5, 5.41) is 15.2. The van der Waals surface area contributed by atoms with Crippen LogP contribution < -0.4 is 16.4 Å². The molecule has 3 aromatic rings. The molecule has 7 nitrogen and oxygen atoms in total. The van der Waals surface area contributed by atoms with Gasteiger partial charge in [0.1, 0.15) is 5.82 Å². The molecule has 2 aliphatic heterocycles. The van der Waals surface area contributed by atoms with Gasteiger partial charge in [-0.15, -0.1) is 0 Å². The average Bonchev–Trinajstić information content (AvgIpc) is 3.19. The fourth-order valence-electron chi connectivity index (χ4n) is 4.51. The van der Waals surface area contributed by atoms with E-state index in [0.717, 1.165) is 46.8 Å². The second-order valence-corrected chi connectivity index (χ2v) is 7.69. The zero-order chi connectivity index (χ0) is 17.7. The molecule has 26 heavy (non-hydrogen) atoms. The van der Waals surface area contributed by atoms with E-state index < -0.39 is 5.54 Å². The molecular weight excluding hydrogens is 326 g/mol. The molecule has 2 fully saturated rings. The average molecular weight is 349 g/mol. The van der Waals surface area contributed by atoms with Crippen LogP contribution in [0.3, 0.4) is 0 Å². The first-order valence-corrected chi connectivity index (χ1v) is 9.19. The molecule has 5 rings (SSSR count). The molecule has 0 aliphatic carbocycles. The van der Waals surface area contributed by atoms with E-state index in [1.165, 1.54) is 12.8 Å². The minimum atomic E-state index is -0.433. The Kier molecular flexibility index (Phi) is 3.48. The summed E-state index contributed by atoms with van der Waals surface area (Å²) in [4.78, 5) is 9.49. The lowest BCUT2D eigenvalue weighted by atomic mass is 9.80. The van der Waals surface area contributed by atoms with E-state index in [4.69, 9.17) is 10.7 Å². The largest absolute Gasteiger partial charge is 0.323 e. The van der Waals surface area contributed by atoms with Gasteiger partial charge in [-0.3, -0.25) is 10.1 Å². The van der Waals surface area contributed by atoms with Crippen LogP contribution in [-0.4, -0.2) is 32.2 Å². The Morgan fingerprint density at radius 1 is 1.19 bits per heavy atom. The maximum Gasteiger partial charge on any atom is 0.153 e. The predicted molar refractivity (Wildman–Crippen MR) is 101 cm³/mol. The topological polar surface area (TPSA) is 105 Å². The minimum absolute atomic E-state index is 0.433. The molecule has 0 radical (unpaired) electrons. The molecule has 0 amide bonds. The molecule has 0 aromatic carbocycles. The first-order chi connectivity index (χ1) is 12.6. The minimum Gasteiger partial charge on any atom is -0.323 e. The highest BCUT2D eigenvalue weighted by atomic mass is 15.2. The van der Waals surface area contributed by atoms with Crippen LogP contribution in [0.2, 0.25) is 0 Å². The van der Waals surface area contributed by atoms with Crippen molar-refractivity contribution < 1.29 is 0 Å². The lowest BCUT2D eigenvalue weighted by Gasteiger charge is -2.38. The number of nitrogens with zero attached hydrogens (tertiary/aromatic N) is 3. The second kappa shape index (κ2) is 5.75. The molecule has 134 valence electrons. The fourth-order valence-corrected chi connectivity index (χ4v) is 4.51. The first kappa shape index (κ1) is 15.7. The smallest absolute Gasteiger partial charge is 0.153 e. The lowest BCUT2D eigenvalue weighted by Crippen LogP contribution is -2.52. The van der Waals surface area contributed by atoms with Crippen molar-refractivity contribution in [3.8, 4) is 0 Å². The van der Waals surface area contributed by atoms with Crippen LogP contribution in [0.1, 0.15) is 37.1 Å². The first-order valence-electron chi connectivity index (χ1n) is 9.19. The molecule has 5 heterocycles. The van der Waals surface area contributed by atoms with Gasteiger partial charge in [-0.2, -0.15) is 5.10 Å². The SMILES string of the molecule is Cc1cc(Nc2cc3ncccc3c(C3(N)C[C@H]4CC[C@@H](C3)N4)n2)n[nH]1. The highest BCUT2D eigenvalue weighted by Crippen LogP contribution is 2.40. The Morgan fingerprint density at radius 3 is 2.73 bits per heavy atom. The number of pyridine rings is 2. The fraction of sp³-hybridized carbons (Fsp3) is 0.421. The number of aromatic amines is 1. The van der Waals surface area contributed by atoms with E-state index >= 15 is 0 Å². The Labute approximate surface area is 151 Å². The summed E-state index contributed by atoms with van der Waals surface area (Å²) in [6.07, 6.45) is 6.02. The van der Waals surface area contributed by atoms with Crippen LogP contribution in [0, 0.1) is 6.92 Å². The van der Waals surface area contributed by atoms with Gasteiger partial charge >= 0.3 is 0 Å². The molecule has 7 heteroatoms. The lowest BCUT2D eigenvalue weighted by molar-refractivity contribution is 0.251. The van der Waals surface area contributed by atoms with Crippen molar-refractivity contribution in [2.45, 2.75) is 50.2 Å². The molecule has 1 unspecified atom stereocenters. The second-order valence-electron chi connectivity index (χ2n) is 7.69. The van der Waals surface area contributed by atoms with Gasteiger partial charge in [-0.05, 0) is 44.7 Å². The number of nitrogens with one attached hydrogen (secondary N) is 3. The van der Waals surface area contributed by atoms with Gasteiger partial charge in [0.2, 0.25) is 0 Å². The van der Waals surface area contributed by atoms with E-state index in [0.29, 0.717) is 12.1 Å². The maximum atomic E-state index is 6.95. The van der Waals surface area contributed by atoms with Crippen molar-refractivity contribution in [2.75, 3.05) is 5.32 Å². The highest BCUT2D eigenvalue weighted by Gasteiger charge is 2.44. The quantitative estimate of drug-likeness (QED) is 0.579. The number of nitrogens with two attached hydrogens (primary N) is 1. The molecule has 0 spiro atoms. The van der Waals surface area contributed by atoms with Gasteiger partial charge < -0.3 is 16.4 Å². The molecule has 3 atom stereocenters. The van der Waals surface area contributed by atoms with Gasteiger partial charge in [0.15, 0.2) is 5.82 Å². The van der Waals surface area contributed by atoms with E-state index in [1.54, 1.807) is 0 Å². The maximum absolute atomic E-state index is 6.95. The van der Waals surface area contributed by atoms with Crippen LogP contribution in [-0.2, 0) is 5.54 Å². The number of aromatic nitrogens is 4. The summed E-state index contributed by atoms with van der Waals surface area (Å²) in [6.45, 7) is 1.97. The standard InChI is InChI=1S/C19H23N7/c1-11-7-17(26-25-11)23-16-8-15-14(3-2-6-21-15)18(24-16)19(20)9-12-4-5-13(10-19)22-12/h2-3,6-8,12-13,22H,4-5,9-10,20H2,1H3,(H2,23,24,25,26)/t12-,13+,19?. The number of rotatable bonds is 3. The summed E-state index contributed by atoms with van der Waals surface area (Å²) in [5.41, 5.74) is 9.36. The molecule has 0 saturated carbocycles. The summed E-state index contributed by atoms with van der Waals surface area (Å²) in [6, 6.07) is 8.91. The van der Waals surface area contributed by atoms with Gasteiger partial charge in [0.25, 0.3) is 0 Å². The van der Waals surface area contributed by atoms with Crippen molar-refractivity contribution in [1.29, 1.82) is 0 Å². The Hall–Kier alpha value is -2.51. The highest BCUT2D eigenvalue weighted by molar-refractivity contribution is 5.84. The molecule has 5 N–H and O–H groups in total. The van der Waals surface area contributed by atoms with Gasteiger partial charge in [-0.1, -0.05) is 0 Å². The zero-order valence-electron chi connectivity index (χ0n) is 14.8. The van der Waals surface area contributed by atoms with Crippen molar-refractivity contribution in [3.63, 3.8) is 0 Å². The number of hydrogen-bond donors (Lipinski definition) is 4. The van der Waals surface area contributed by atoms with Crippen molar-refractivity contribution in [3.05, 3.63) is 41.9 Å². The summed E-state index contributed by atoms with van der Waals surface area (Å²) in [7, 11) is 0. The van der Waals surface area contributed by atoms with Crippen molar-refractivity contribution in [1.82, 2.24) is 25.5 Å². The van der Waals surface area contributed by atoms with Crippen LogP contribution >= 0.6 is 0 Å². The van der Waals surface area contributed by atoms with Crippen molar-refractivity contribution >= 4 is 22.5 Å². The van der Waals surface area contributed by atoms with Gasteiger partial charge in [-0.25, -0.2) is 4.98 Å².